The maximum Gasteiger partial charge on any atom is 0.128 e. The number of nitrogens with zero attached hydrogens (tertiary/aromatic N) is 2. The molecule has 0 saturated carbocycles. The summed E-state index contributed by atoms with van der Waals surface area (Å²) in [5, 5.41) is 1.87. The van der Waals surface area contributed by atoms with Crippen LogP contribution < -0.4 is 0 Å². The third-order valence-corrected chi connectivity index (χ3v) is 5.04. The molecular formula is C27H23FN2. The molecule has 3 heteroatoms. The van der Waals surface area contributed by atoms with E-state index < -0.39 is 0 Å². The molecule has 0 unspecified atom stereocenters. The third kappa shape index (κ3) is 5.10. The molecule has 0 amide bonds. The molecule has 30 heavy (non-hydrogen) atoms. The minimum absolute atomic E-state index is 0.221. The van der Waals surface area contributed by atoms with Gasteiger partial charge in [-0.1, -0.05) is 49.5 Å². The number of halogens is 1. The summed E-state index contributed by atoms with van der Waals surface area (Å²) < 4.78 is 13.3. The van der Waals surface area contributed by atoms with Crippen LogP contribution in [-0.2, 0) is 19.3 Å². The van der Waals surface area contributed by atoms with E-state index in [0.717, 1.165) is 53.4 Å². The van der Waals surface area contributed by atoms with Crippen molar-refractivity contribution in [3.8, 4) is 11.8 Å². The number of aromatic nitrogens is 2. The molecule has 4 aromatic rings. The van der Waals surface area contributed by atoms with Crippen LogP contribution in [0.3, 0.4) is 0 Å². The van der Waals surface area contributed by atoms with E-state index in [1.54, 1.807) is 6.07 Å². The van der Waals surface area contributed by atoms with E-state index in [1.165, 1.54) is 23.3 Å². The van der Waals surface area contributed by atoms with E-state index in [9.17, 15) is 4.39 Å². The summed E-state index contributed by atoms with van der Waals surface area (Å²) in [7, 11) is 0. The predicted molar refractivity (Wildman–Crippen MR) is 120 cm³/mol. The second kappa shape index (κ2) is 9.33. The Morgan fingerprint density at radius 2 is 1.37 bits per heavy atom. The molecule has 0 atom stereocenters. The van der Waals surface area contributed by atoms with E-state index >= 15 is 0 Å². The first-order valence-electron chi connectivity index (χ1n) is 10.3. The minimum atomic E-state index is -0.221. The van der Waals surface area contributed by atoms with Crippen molar-refractivity contribution >= 4 is 10.8 Å². The zero-order valence-electron chi connectivity index (χ0n) is 17.0. The summed E-state index contributed by atoms with van der Waals surface area (Å²) in [6, 6.07) is 18.9. The van der Waals surface area contributed by atoms with Gasteiger partial charge in [-0.25, -0.2) is 14.4 Å². The molecule has 0 aliphatic heterocycles. The van der Waals surface area contributed by atoms with Crippen LogP contribution in [0.25, 0.3) is 10.8 Å². The SMILES string of the molecule is CCCc1cnc(CCc2ccc(C#Cc3ccc4cc(F)ccc4c3)cc2)nc1. The molecule has 1 heterocycles. The lowest BCUT2D eigenvalue weighted by molar-refractivity contribution is 0.630. The lowest BCUT2D eigenvalue weighted by Crippen LogP contribution is -1.99. The molecule has 0 aliphatic rings. The second-order valence-corrected chi connectivity index (χ2v) is 7.41. The molecule has 4 rings (SSSR count). The van der Waals surface area contributed by atoms with Crippen LogP contribution >= 0.6 is 0 Å². The van der Waals surface area contributed by atoms with Gasteiger partial charge in [-0.3, -0.25) is 0 Å². The van der Waals surface area contributed by atoms with Gasteiger partial charge < -0.3 is 0 Å². The molecule has 0 N–H and O–H groups in total. The fraction of sp³-hybridized carbons (Fsp3) is 0.185. The van der Waals surface area contributed by atoms with Crippen LogP contribution in [0.4, 0.5) is 4.39 Å². The fourth-order valence-electron chi connectivity index (χ4n) is 3.38. The smallest absolute Gasteiger partial charge is 0.128 e. The maximum absolute atomic E-state index is 13.3. The molecule has 0 spiro atoms. The van der Waals surface area contributed by atoms with Crippen LogP contribution in [-0.4, -0.2) is 9.97 Å². The van der Waals surface area contributed by atoms with Gasteiger partial charge in [-0.15, -0.1) is 0 Å². The van der Waals surface area contributed by atoms with Gasteiger partial charge in [-0.05, 0) is 71.1 Å². The summed E-state index contributed by atoms with van der Waals surface area (Å²) in [5.74, 6) is 7.07. The van der Waals surface area contributed by atoms with Crippen molar-refractivity contribution in [3.63, 3.8) is 0 Å². The molecular weight excluding hydrogens is 371 g/mol. The van der Waals surface area contributed by atoms with Gasteiger partial charge in [0.15, 0.2) is 0 Å². The third-order valence-electron chi connectivity index (χ3n) is 5.04. The average molecular weight is 394 g/mol. The molecule has 0 saturated heterocycles. The predicted octanol–water partition coefficient (Wildman–Crippen LogP) is 5.91. The van der Waals surface area contributed by atoms with E-state index in [4.69, 9.17) is 0 Å². The van der Waals surface area contributed by atoms with Gasteiger partial charge in [0, 0.05) is 29.9 Å². The highest BCUT2D eigenvalue weighted by atomic mass is 19.1. The van der Waals surface area contributed by atoms with Gasteiger partial charge in [0.05, 0.1) is 0 Å². The van der Waals surface area contributed by atoms with Crippen molar-refractivity contribution in [2.75, 3.05) is 0 Å². The molecule has 0 bridgehead atoms. The summed E-state index contributed by atoms with van der Waals surface area (Å²) in [6.07, 6.45) is 7.75. The zero-order chi connectivity index (χ0) is 20.8. The Hall–Kier alpha value is -3.51. The van der Waals surface area contributed by atoms with Crippen LogP contribution in [0.5, 0.6) is 0 Å². The molecule has 1 aromatic heterocycles. The Balaban J connectivity index is 1.38. The largest absolute Gasteiger partial charge is 0.241 e. The van der Waals surface area contributed by atoms with Crippen molar-refractivity contribution in [2.24, 2.45) is 0 Å². The van der Waals surface area contributed by atoms with Crippen LogP contribution in [0, 0.1) is 17.7 Å². The van der Waals surface area contributed by atoms with Gasteiger partial charge in [0.25, 0.3) is 0 Å². The quantitative estimate of drug-likeness (QED) is 0.394. The standard InChI is InChI=1S/C27H23FN2/c1-2-3-23-18-29-27(30-19-23)15-11-21-6-4-20(5-7-21)8-9-22-10-12-25-17-26(28)14-13-24(25)16-22/h4-7,10,12-14,16-19H,2-3,11,15H2,1H3. The highest BCUT2D eigenvalue weighted by Gasteiger charge is 2.00. The number of hydrogen-bond donors (Lipinski definition) is 0. The molecule has 148 valence electrons. The second-order valence-electron chi connectivity index (χ2n) is 7.41. The Kier molecular flexibility index (Phi) is 6.15. The van der Waals surface area contributed by atoms with Crippen molar-refractivity contribution in [3.05, 3.63) is 107 Å². The molecule has 0 radical (unpaired) electrons. The highest BCUT2D eigenvalue weighted by molar-refractivity contribution is 5.83. The number of fused-ring (bicyclic) bond motifs is 1. The Morgan fingerprint density at radius 3 is 2.13 bits per heavy atom. The molecule has 0 aliphatic carbocycles. The molecule has 3 aromatic carbocycles. The van der Waals surface area contributed by atoms with Crippen molar-refractivity contribution < 1.29 is 4.39 Å². The van der Waals surface area contributed by atoms with Crippen LogP contribution in [0.15, 0.2) is 73.1 Å². The van der Waals surface area contributed by atoms with Gasteiger partial charge in [0.2, 0.25) is 0 Å². The van der Waals surface area contributed by atoms with Crippen molar-refractivity contribution in [2.45, 2.75) is 32.6 Å². The van der Waals surface area contributed by atoms with E-state index in [2.05, 4.69) is 40.9 Å². The topological polar surface area (TPSA) is 25.8 Å². The summed E-state index contributed by atoms with van der Waals surface area (Å²) in [6.45, 7) is 2.16. The van der Waals surface area contributed by atoms with Gasteiger partial charge in [-0.2, -0.15) is 0 Å². The maximum atomic E-state index is 13.3. The minimum Gasteiger partial charge on any atom is -0.241 e. The van der Waals surface area contributed by atoms with Gasteiger partial charge >= 0.3 is 0 Å². The summed E-state index contributed by atoms with van der Waals surface area (Å²) in [4.78, 5) is 8.93. The van der Waals surface area contributed by atoms with Crippen LogP contribution in [0.1, 0.15) is 41.4 Å². The zero-order valence-corrected chi connectivity index (χ0v) is 17.0. The first kappa shape index (κ1) is 19.8. The number of aryl methyl sites for hydroxylation is 3. The summed E-state index contributed by atoms with van der Waals surface area (Å²) in [5.41, 5.74) is 4.33. The average Bonchev–Trinajstić information content (AvgIpc) is 2.78. The normalized spacial score (nSPS) is 10.6. The van der Waals surface area contributed by atoms with Crippen molar-refractivity contribution in [1.82, 2.24) is 9.97 Å². The molecule has 0 fully saturated rings. The lowest BCUT2D eigenvalue weighted by Gasteiger charge is -2.03. The van der Waals surface area contributed by atoms with Crippen molar-refractivity contribution in [1.29, 1.82) is 0 Å². The number of rotatable bonds is 5. The lowest BCUT2D eigenvalue weighted by atomic mass is 10.1. The van der Waals surface area contributed by atoms with E-state index in [1.807, 2.05) is 42.7 Å². The monoisotopic (exact) mass is 394 g/mol. The Bertz CT molecular complexity index is 1200. The highest BCUT2D eigenvalue weighted by Crippen LogP contribution is 2.17. The fourth-order valence-corrected chi connectivity index (χ4v) is 3.38. The molecule has 2 nitrogen and oxygen atoms in total. The van der Waals surface area contributed by atoms with Crippen LogP contribution in [0.2, 0.25) is 0 Å². The Labute approximate surface area is 176 Å². The van der Waals surface area contributed by atoms with Gasteiger partial charge in [0.1, 0.15) is 11.6 Å². The number of benzene rings is 3. The number of hydrogen-bond acceptors (Lipinski definition) is 2. The summed E-state index contributed by atoms with van der Waals surface area (Å²) >= 11 is 0. The van der Waals surface area contributed by atoms with E-state index in [-0.39, 0.29) is 5.82 Å². The first-order chi connectivity index (χ1) is 14.7. The Morgan fingerprint density at radius 1 is 0.700 bits per heavy atom. The first-order valence-corrected chi connectivity index (χ1v) is 10.3. The van der Waals surface area contributed by atoms with E-state index in [0.29, 0.717) is 0 Å².